The second-order valence-electron chi connectivity index (χ2n) is 15.3. The lowest BCUT2D eigenvalue weighted by Gasteiger charge is -2.30. The lowest BCUT2D eigenvalue weighted by atomic mass is 9.96. The van der Waals surface area contributed by atoms with Gasteiger partial charge >= 0.3 is 0 Å². The summed E-state index contributed by atoms with van der Waals surface area (Å²) in [6, 6.07) is 88.0. The maximum Gasteiger partial charge on any atom is 0.0562 e. The molecule has 0 amide bonds. The molecule has 0 saturated carbocycles. The maximum atomic E-state index is 2.50. The van der Waals surface area contributed by atoms with Crippen LogP contribution in [0.5, 0.6) is 0 Å². The molecule has 0 unspecified atom stereocenters. The fourth-order valence-electron chi connectivity index (χ4n) is 9.02. The maximum absolute atomic E-state index is 2.50. The molecule has 0 aliphatic heterocycles. The first-order chi connectivity index (χ1) is 29.8. The third-order valence-corrected chi connectivity index (χ3v) is 11.8. The van der Waals surface area contributed by atoms with Crippen LogP contribution in [-0.4, -0.2) is 4.57 Å². The zero-order valence-corrected chi connectivity index (χ0v) is 33.0. The van der Waals surface area contributed by atoms with E-state index in [2.05, 4.69) is 252 Å². The number of hydrogen-bond donors (Lipinski definition) is 0. The van der Waals surface area contributed by atoms with E-state index in [-0.39, 0.29) is 0 Å². The second-order valence-corrected chi connectivity index (χ2v) is 15.3. The van der Waals surface area contributed by atoms with Crippen molar-refractivity contribution in [1.82, 2.24) is 4.57 Å². The fourth-order valence-corrected chi connectivity index (χ4v) is 9.02. The summed E-state index contributed by atoms with van der Waals surface area (Å²) in [5, 5.41) is 4.84. The van der Waals surface area contributed by atoms with Crippen LogP contribution in [0.2, 0.25) is 0 Å². The Bertz CT molecular complexity index is 3230. The van der Waals surface area contributed by atoms with Crippen LogP contribution in [0, 0.1) is 0 Å². The number of benzene rings is 10. The molecule has 11 aromatic rings. The average Bonchev–Trinajstić information content (AvgIpc) is 3.67. The summed E-state index contributed by atoms with van der Waals surface area (Å²) in [5.41, 5.74) is 16.1. The molecule has 2 heteroatoms. The smallest absolute Gasteiger partial charge is 0.0562 e. The third-order valence-electron chi connectivity index (χ3n) is 11.8. The number of hydrogen-bond acceptors (Lipinski definition) is 1. The minimum Gasteiger partial charge on any atom is -0.309 e. The highest BCUT2D eigenvalue weighted by Gasteiger charge is 2.25. The van der Waals surface area contributed by atoms with E-state index in [1.807, 2.05) is 0 Å². The van der Waals surface area contributed by atoms with Gasteiger partial charge in [-0.25, -0.2) is 0 Å². The summed E-state index contributed by atoms with van der Waals surface area (Å²) in [4.78, 5) is 2.49. The van der Waals surface area contributed by atoms with Gasteiger partial charge in [0.1, 0.15) is 0 Å². The van der Waals surface area contributed by atoms with Gasteiger partial charge in [-0.1, -0.05) is 200 Å². The van der Waals surface area contributed by atoms with Gasteiger partial charge < -0.3 is 9.47 Å². The molecule has 282 valence electrons. The molecular weight excluding hydrogens is 725 g/mol. The van der Waals surface area contributed by atoms with Crippen molar-refractivity contribution in [1.29, 1.82) is 0 Å². The molecule has 0 aliphatic rings. The van der Waals surface area contributed by atoms with E-state index in [1.54, 1.807) is 0 Å². The quantitative estimate of drug-likeness (QED) is 0.150. The Balaban J connectivity index is 1.23. The second kappa shape index (κ2) is 15.1. The van der Waals surface area contributed by atoms with Crippen molar-refractivity contribution >= 4 is 49.6 Å². The number of para-hydroxylation sites is 3. The van der Waals surface area contributed by atoms with Gasteiger partial charge in [0, 0.05) is 27.5 Å². The van der Waals surface area contributed by atoms with Crippen LogP contribution < -0.4 is 4.90 Å². The standard InChI is InChI=1S/C58H40N2/c1-4-19-41(20-5-1)46-37-38-50(47-36-35-42-21-10-11-26-45(42)39-47)57(40-46)60-54-32-17-14-29-51(54)58-55(33-18-34-56(58)60)59(52-30-15-12-27-48(52)43-22-6-2-7-23-43)53-31-16-13-28-49(53)44-24-8-3-9-25-44/h1-40H. The molecule has 60 heavy (non-hydrogen) atoms. The Morgan fingerprint density at radius 2 is 0.800 bits per heavy atom. The summed E-state index contributed by atoms with van der Waals surface area (Å²) in [6.45, 7) is 0. The van der Waals surface area contributed by atoms with Crippen molar-refractivity contribution in [3.8, 4) is 50.2 Å². The van der Waals surface area contributed by atoms with Crippen LogP contribution in [0.25, 0.3) is 82.8 Å². The first-order valence-corrected chi connectivity index (χ1v) is 20.6. The zero-order chi connectivity index (χ0) is 39.8. The first kappa shape index (κ1) is 35.2. The van der Waals surface area contributed by atoms with Crippen molar-refractivity contribution in [2.24, 2.45) is 0 Å². The van der Waals surface area contributed by atoms with Crippen LogP contribution in [0.3, 0.4) is 0 Å². The van der Waals surface area contributed by atoms with Crippen molar-refractivity contribution < 1.29 is 0 Å². The van der Waals surface area contributed by atoms with Crippen LogP contribution >= 0.6 is 0 Å². The van der Waals surface area contributed by atoms with Crippen LogP contribution in [0.4, 0.5) is 17.1 Å². The molecule has 0 aliphatic carbocycles. The van der Waals surface area contributed by atoms with Gasteiger partial charge in [-0.3, -0.25) is 0 Å². The summed E-state index contributed by atoms with van der Waals surface area (Å²) >= 11 is 0. The van der Waals surface area contributed by atoms with Gasteiger partial charge in [-0.05, 0) is 81.1 Å². The van der Waals surface area contributed by atoms with Crippen molar-refractivity contribution in [3.05, 3.63) is 243 Å². The predicted molar refractivity (Wildman–Crippen MR) is 255 cm³/mol. The van der Waals surface area contributed by atoms with Gasteiger partial charge in [0.15, 0.2) is 0 Å². The Hall–Kier alpha value is -7.94. The Labute approximate surface area is 350 Å². The fraction of sp³-hybridized carbons (Fsp3) is 0. The lowest BCUT2D eigenvalue weighted by molar-refractivity contribution is 1.18. The SMILES string of the molecule is c1ccc(-c2ccc(-c3ccc4ccccc4c3)c(-n3c4ccccc4c4c(N(c5ccccc5-c5ccccc5)c5ccccc5-c5ccccc5)cccc43)c2)cc1. The van der Waals surface area contributed by atoms with E-state index in [9.17, 15) is 0 Å². The number of anilines is 3. The first-order valence-electron chi connectivity index (χ1n) is 20.6. The minimum atomic E-state index is 1.11. The zero-order valence-electron chi connectivity index (χ0n) is 33.0. The third kappa shape index (κ3) is 6.14. The highest BCUT2D eigenvalue weighted by atomic mass is 15.2. The highest BCUT2D eigenvalue weighted by molar-refractivity contribution is 6.17. The average molecular weight is 765 g/mol. The highest BCUT2D eigenvalue weighted by Crippen LogP contribution is 2.49. The van der Waals surface area contributed by atoms with E-state index in [4.69, 9.17) is 0 Å². The van der Waals surface area contributed by atoms with Crippen LogP contribution in [0.15, 0.2) is 243 Å². The van der Waals surface area contributed by atoms with Crippen LogP contribution in [-0.2, 0) is 0 Å². The summed E-state index contributed by atoms with van der Waals surface area (Å²) in [6.07, 6.45) is 0. The van der Waals surface area contributed by atoms with Gasteiger partial charge in [0.25, 0.3) is 0 Å². The monoisotopic (exact) mass is 764 g/mol. The number of rotatable bonds is 8. The normalized spacial score (nSPS) is 11.3. The molecule has 0 saturated heterocycles. The van der Waals surface area contributed by atoms with E-state index in [1.165, 1.54) is 54.9 Å². The summed E-state index contributed by atoms with van der Waals surface area (Å²) < 4.78 is 2.50. The van der Waals surface area contributed by atoms with Crippen molar-refractivity contribution in [3.63, 3.8) is 0 Å². The Morgan fingerprint density at radius 3 is 1.48 bits per heavy atom. The number of nitrogens with zero attached hydrogens (tertiary/aromatic N) is 2. The van der Waals surface area contributed by atoms with E-state index in [0.29, 0.717) is 0 Å². The molecule has 0 N–H and O–H groups in total. The van der Waals surface area contributed by atoms with Crippen molar-refractivity contribution in [2.75, 3.05) is 4.90 Å². The van der Waals surface area contributed by atoms with Gasteiger partial charge in [-0.2, -0.15) is 0 Å². The molecular formula is C58H40N2. The molecule has 0 atom stereocenters. The van der Waals surface area contributed by atoms with Crippen molar-refractivity contribution in [2.45, 2.75) is 0 Å². The molecule has 0 spiro atoms. The Kier molecular flexibility index (Phi) is 8.87. The van der Waals surface area contributed by atoms with E-state index >= 15 is 0 Å². The summed E-state index contributed by atoms with van der Waals surface area (Å²) in [5.74, 6) is 0. The predicted octanol–water partition coefficient (Wildman–Crippen LogP) is 16.1. The van der Waals surface area contributed by atoms with Gasteiger partial charge in [0.2, 0.25) is 0 Å². The van der Waals surface area contributed by atoms with Gasteiger partial charge in [-0.15, -0.1) is 0 Å². The molecule has 0 bridgehead atoms. The molecule has 10 aromatic carbocycles. The minimum absolute atomic E-state index is 1.11. The summed E-state index contributed by atoms with van der Waals surface area (Å²) in [7, 11) is 0. The Morgan fingerprint density at radius 1 is 0.283 bits per heavy atom. The molecule has 11 rings (SSSR count). The van der Waals surface area contributed by atoms with Gasteiger partial charge in [0.05, 0.1) is 33.8 Å². The van der Waals surface area contributed by atoms with E-state index < -0.39 is 0 Å². The topological polar surface area (TPSA) is 8.17 Å². The van der Waals surface area contributed by atoms with Crippen LogP contribution in [0.1, 0.15) is 0 Å². The lowest BCUT2D eigenvalue weighted by Crippen LogP contribution is -2.13. The number of fused-ring (bicyclic) bond motifs is 4. The molecule has 2 nitrogen and oxygen atoms in total. The molecule has 0 radical (unpaired) electrons. The molecule has 0 fully saturated rings. The molecule has 1 heterocycles. The molecule has 1 aromatic heterocycles. The number of aromatic nitrogens is 1. The van der Waals surface area contributed by atoms with E-state index in [0.717, 1.165) is 44.9 Å². The largest absolute Gasteiger partial charge is 0.309 e.